The Hall–Kier alpha value is -1.27. The third-order valence-corrected chi connectivity index (χ3v) is 1.12. The molecule has 66 valence electrons. The standard InChI is InChI=1S/C9H13NO2/c1-4-7-9(11)10(8-5-2)12-6-3/h2,4H,1,6-8H2,3H3. The Bertz CT molecular complexity index is 193. The number of rotatable bonds is 5. The average Bonchev–Trinajstić information content (AvgIpc) is 2.04. The molecular formula is C9H13NO2. The minimum Gasteiger partial charge on any atom is -0.272 e. The zero-order valence-corrected chi connectivity index (χ0v) is 7.25. The number of nitrogens with zero attached hydrogens (tertiary/aromatic N) is 1. The molecule has 0 aliphatic heterocycles. The van der Waals surface area contributed by atoms with Crippen molar-refractivity contribution in [1.82, 2.24) is 5.06 Å². The van der Waals surface area contributed by atoms with Crippen LogP contribution in [0.3, 0.4) is 0 Å². The molecule has 3 nitrogen and oxygen atoms in total. The van der Waals surface area contributed by atoms with Crippen LogP contribution in [0.1, 0.15) is 13.3 Å². The number of hydrogen-bond acceptors (Lipinski definition) is 2. The van der Waals surface area contributed by atoms with Crippen LogP contribution in [0, 0.1) is 12.3 Å². The minimum absolute atomic E-state index is 0.162. The van der Waals surface area contributed by atoms with Crippen molar-refractivity contribution >= 4 is 5.91 Å². The van der Waals surface area contributed by atoms with Gasteiger partial charge in [-0.05, 0) is 6.92 Å². The van der Waals surface area contributed by atoms with Gasteiger partial charge in [0, 0.05) is 6.42 Å². The third kappa shape index (κ3) is 3.79. The summed E-state index contributed by atoms with van der Waals surface area (Å²) in [5.41, 5.74) is 0. The summed E-state index contributed by atoms with van der Waals surface area (Å²) >= 11 is 0. The lowest BCUT2D eigenvalue weighted by molar-refractivity contribution is -0.179. The molecule has 3 heteroatoms. The van der Waals surface area contributed by atoms with Crippen LogP contribution in [0.15, 0.2) is 12.7 Å². The normalized spacial score (nSPS) is 8.67. The van der Waals surface area contributed by atoms with E-state index in [1.165, 1.54) is 11.1 Å². The van der Waals surface area contributed by atoms with Crippen molar-refractivity contribution in [3.8, 4) is 12.3 Å². The van der Waals surface area contributed by atoms with Gasteiger partial charge in [0.2, 0.25) is 0 Å². The molecule has 0 bridgehead atoms. The Morgan fingerprint density at radius 2 is 2.50 bits per heavy atom. The van der Waals surface area contributed by atoms with E-state index in [0.717, 1.165) is 0 Å². The molecule has 0 rings (SSSR count). The second-order valence-electron chi connectivity index (χ2n) is 2.05. The molecule has 12 heavy (non-hydrogen) atoms. The fraction of sp³-hybridized carbons (Fsp3) is 0.444. The number of terminal acetylenes is 1. The number of carbonyl (C=O) groups is 1. The molecule has 0 fully saturated rings. The van der Waals surface area contributed by atoms with Gasteiger partial charge in [-0.15, -0.1) is 13.0 Å². The monoisotopic (exact) mass is 167 g/mol. The summed E-state index contributed by atoms with van der Waals surface area (Å²) in [4.78, 5) is 16.1. The smallest absolute Gasteiger partial charge is 0.250 e. The highest BCUT2D eigenvalue weighted by Gasteiger charge is 2.09. The van der Waals surface area contributed by atoms with Gasteiger partial charge in [0.15, 0.2) is 0 Å². The Morgan fingerprint density at radius 1 is 1.83 bits per heavy atom. The van der Waals surface area contributed by atoms with E-state index in [0.29, 0.717) is 6.61 Å². The first-order chi connectivity index (χ1) is 5.76. The summed E-state index contributed by atoms with van der Waals surface area (Å²) in [6.45, 7) is 5.86. The van der Waals surface area contributed by atoms with Crippen molar-refractivity contribution in [2.75, 3.05) is 13.2 Å². The van der Waals surface area contributed by atoms with E-state index in [9.17, 15) is 4.79 Å². The maximum absolute atomic E-state index is 11.2. The number of hydrogen-bond donors (Lipinski definition) is 0. The molecule has 0 aromatic heterocycles. The van der Waals surface area contributed by atoms with Crippen LogP contribution in [0.25, 0.3) is 0 Å². The van der Waals surface area contributed by atoms with Gasteiger partial charge in [0.05, 0.1) is 6.61 Å². The largest absolute Gasteiger partial charge is 0.272 e. The van der Waals surface area contributed by atoms with Crippen molar-refractivity contribution in [2.45, 2.75) is 13.3 Å². The van der Waals surface area contributed by atoms with E-state index < -0.39 is 0 Å². The summed E-state index contributed by atoms with van der Waals surface area (Å²) in [6.07, 6.45) is 6.81. The summed E-state index contributed by atoms with van der Waals surface area (Å²) in [7, 11) is 0. The van der Waals surface area contributed by atoms with Gasteiger partial charge in [-0.1, -0.05) is 12.0 Å². The average molecular weight is 167 g/mol. The van der Waals surface area contributed by atoms with Crippen molar-refractivity contribution in [3.05, 3.63) is 12.7 Å². The molecule has 0 spiro atoms. The topological polar surface area (TPSA) is 29.5 Å². The molecule has 0 aromatic rings. The van der Waals surface area contributed by atoms with Crippen molar-refractivity contribution in [3.63, 3.8) is 0 Å². The zero-order chi connectivity index (χ0) is 9.40. The van der Waals surface area contributed by atoms with E-state index in [1.807, 2.05) is 0 Å². The van der Waals surface area contributed by atoms with Crippen molar-refractivity contribution < 1.29 is 9.63 Å². The van der Waals surface area contributed by atoms with Crippen molar-refractivity contribution in [1.29, 1.82) is 0 Å². The molecule has 0 atom stereocenters. The predicted molar refractivity (Wildman–Crippen MR) is 47.0 cm³/mol. The van der Waals surface area contributed by atoms with Gasteiger partial charge >= 0.3 is 0 Å². The summed E-state index contributed by atoms with van der Waals surface area (Å²) in [5, 5.41) is 1.17. The lowest BCUT2D eigenvalue weighted by Gasteiger charge is -2.17. The van der Waals surface area contributed by atoms with E-state index in [1.54, 1.807) is 6.92 Å². The number of carbonyl (C=O) groups excluding carboxylic acids is 1. The minimum atomic E-state index is -0.162. The lowest BCUT2D eigenvalue weighted by atomic mass is 10.4. The second kappa shape index (κ2) is 6.44. The highest BCUT2D eigenvalue weighted by atomic mass is 16.7. The van der Waals surface area contributed by atoms with Crippen LogP contribution < -0.4 is 0 Å². The van der Waals surface area contributed by atoms with Crippen LogP contribution in [0.4, 0.5) is 0 Å². The van der Waals surface area contributed by atoms with E-state index in [4.69, 9.17) is 11.3 Å². The molecule has 0 unspecified atom stereocenters. The highest BCUT2D eigenvalue weighted by molar-refractivity contribution is 5.76. The summed E-state index contributed by atoms with van der Waals surface area (Å²) in [5.74, 6) is 2.18. The Labute approximate surface area is 73.0 Å². The first-order valence-corrected chi connectivity index (χ1v) is 3.73. The second-order valence-corrected chi connectivity index (χ2v) is 2.05. The van der Waals surface area contributed by atoms with Gasteiger partial charge in [0.1, 0.15) is 6.54 Å². The quantitative estimate of drug-likeness (QED) is 0.347. The van der Waals surface area contributed by atoms with Crippen LogP contribution in [-0.2, 0) is 9.63 Å². The molecule has 1 amide bonds. The fourth-order valence-electron chi connectivity index (χ4n) is 0.670. The lowest BCUT2D eigenvalue weighted by Crippen LogP contribution is -2.30. The molecule has 0 N–H and O–H groups in total. The van der Waals surface area contributed by atoms with E-state index in [-0.39, 0.29) is 18.9 Å². The van der Waals surface area contributed by atoms with Gasteiger partial charge in [-0.25, -0.2) is 5.06 Å². The molecule has 0 saturated carbocycles. The maximum atomic E-state index is 11.2. The Morgan fingerprint density at radius 3 is 2.92 bits per heavy atom. The van der Waals surface area contributed by atoms with Crippen molar-refractivity contribution in [2.24, 2.45) is 0 Å². The highest BCUT2D eigenvalue weighted by Crippen LogP contribution is 1.95. The van der Waals surface area contributed by atoms with Gasteiger partial charge in [-0.2, -0.15) is 0 Å². The molecule has 0 aliphatic carbocycles. The predicted octanol–water partition coefficient (Wildman–Crippen LogP) is 0.976. The van der Waals surface area contributed by atoms with Crippen LogP contribution in [0.5, 0.6) is 0 Å². The van der Waals surface area contributed by atoms with Gasteiger partial charge < -0.3 is 0 Å². The maximum Gasteiger partial charge on any atom is 0.250 e. The Balaban J connectivity index is 4.00. The van der Waals surface area contributed by atoms with Gasteiger partial charge in [0.25, 0.3) is 5.91 Å². The molecule has 0 aliphatic rings. The van der Waals surface area contributed by atoms with Crippen LogP contribution >= 0.6 is 0 Å². The number of amides is 1. The van der Waals surface area contributed by atoms with E-state index in [2.05, 4.69) is 12.5 Å². The molecule has 0 saturated heterocycles. The Kier molecular flexibility index (Phi) is 5.76. The fourth-order valence-corrected chi connectivity index (χ4v) is 0.670. The molecular weight excluding hydrogens is 154 g/mol. The van der Waals surface area contributed by atoms with E-state index >= 15 is 0 Å². The SMILES string of the molecule is C#CCN(OCC)C(=O)CC=C. The molecule has 0 aromatic carbocycles. The summed E-state index contributed by atoms with van der Waals surface area (Å²) in [6, 6.07) is 0. The third-order valence-electron chi connectivity index (χ3n) is 1.12. The van der Waals surface area contributed by atoms with Crippen LogP contribution in [0.2, 0.25) is 0 Å². The van der Waals surface area contributed by atoms with Crippen LogP contribution in [-0.4, -0.2) is 24.1 Å². The first kappa shape index (κ1) is 10.7. The zero-order valence-electron chi connectivity index (χ0n) is 7.25. The molecule has 0 radical (unpaired) electrons. The first-order valence-electron chi connectivity index (χ1n) is 3.73. The van der Waals surface area contributed by atoms with Gasteiger partial charge in [-0.3, -0.25) is 9.63 Å². The molecule has 0 heterocycles. The number of hydroxylamine groups is 2. The summed E-state index contributed by atoms with van der Waals surface area (Å²) < 4.78 is 0.